The quantitative estimate of drug-likeness (QED) is 0.211. The third-order valence-corrected chi connectivity index (χ3v) is 11.7. The molecule has 8 nitrogen and oxygen atoms in total. The molecule has 11 heteroatoms. The Morgan fingerprint density at radius 1 is 1.21 bits per heavy atom. The van der Waals surface area contributed by atoms with Crippen molar-refractivity contribution in [1.82, 2.24) is 19.9 Å². The fraction of sp³-hybridized carbons (Fsp3) is 0.432. The summed E-state index contributed by atoms with van der Waals surface area (Å²) in [5.74, 6) is 2.29. The van der Waals surface area contributed by atoms with E-state index in [0.29, 0.717) is 89.3 Å². The normalized spacial score (nSPS) is 28.1. The van der Waals surface area contributed by atoms with Crippen molar-refractivity contribution in [3.05, 3.63) is 59.3 Å². The number of halogens is 3. The number of hydrogen-bond acceptors (Lipinski definition) is 8. The lowest BCUT2D eigenvalue weighted by Crippen LogP contribution is -2.49. The molecule has 5 fully saturated rings. The summed E-state index contributed by atoms with van der Waals surface area (Å²) in [5, 5.41) is 1.87. The fourth-order valence-electron chi connectivity index (χ4n) is 8.97. The van der Waals surface area contributed by atoms with Crippen molar-refractivity contribution in [2.75, 3.05) is 50.1 Å². The molecule has 5 aliphatic rings. The Labute approximate surface area is 276 Å². The van der Waals surface area contributed by atoms with Crippen molar-refractivity contribution in [1.29, 1.82) is 0 Å². The maximum Gasteiger partial charge on any atom is 0.319 e. The number of hydrogen-bond donors (Lipinski definition) is 1. The molecule has 2 saturated carbocycles. The Morgan fingerprint density at radius 2 is 2.06 bits per heavy atom. The second kappa shape index (κ2) is 10.5. The number of anilines is 2. The molecule has 3 aliphatic heterocycles. The highest BCUT2D eigenvalue weighted by atomic mass is 19.1. The van der Waals surface area contributed by atoms with Crippen molar-refractivity contribution in [3.8, 4) is 29.6 Å². The van der Waals surface area contributed by atoms with Crippen LogP contribution >= 0.6 is 0 Å². The van der Waals surface area contributed by atoms with E-state index in [2.05, 4.69) is 10.8 Å². The van der Waals surface area contributed by atoms with Gasteiger partial charge >= 0.3 is 6.01 Å². The van der Waals surface area contributed by atoms with E-state index in [4.69, 9.17) is 36.6 Å². The van der Waals surface area contributed by atoms with E-state index in [-0.39, 0.29) is 34.5 Å². The van der Waals surface area contributed by atoms with Crippen LogP contribution in [-0.2, 0) is 4.74 Å². The molecule has 0 bridgehead atoms. The molecule has 4 aromatic rings. The van der Waals surface area contributed by atoms with Gasteiger partial charge in [0, 0.05) is 47.4 Å². The Kier molecular flexibility index (Phi) is 6.53. The third kappa shape index (κ3) is 4.21. The topological polar surface area (TPSA) is 89.6 Å². The number of aromatic nitrogens is 3. The van der Waals surface area contributed by atoms with Crippen molar-refractivity contribution in [2.24, 2.45) is 11.3 Å². The molecule has 2 aromatic carbocycles. The molecule has 3 saturated heterocycles. The molecular weight excluding hydrogens is 617 g/mol. The zero-order valence-corrected chi connectivity index (χ0v) is 26.6. The molecule has 0 unspecified atom stereocenters. The van der Waals surface area contributed by atoms with Crippen LogP contribution in [0.2, 0.25) is 0 Å². The summed E-state index contributed by atoms with van der Waals surface area (Å²) < 4.78 is 56.2. The van der Waals surface area contributed by atoms with Crippen LogP contribution in [0.1, 0.15) is 36.8 Å². The highest BCUT2D eigenvalue weighted by Gasteiger charge is 2.67. The van der Waals surface area contributed by atoms with Crippen molar-refractivity contribution >= 4 is 33.2 Å². The van der Waals surface area contributed by atoms with Crippen LogP contribution in [0.15, 0.2) is 42.4 Å². The monoisotopic (exact) mass is 652 g/mol. The number of pyridine rings is 1. The van der Waals surface area contributed by atoms with Gasteiger partial charge in [-0.25, -0.2) is 13.2 Å². The maximum atomic E-state index is 15.1. The summed E-state index contributed by atoms with van der Waals surface area (Å²) in [6.07, 6.45) is 11.1. The maximum absolute atomic E-state index is 15.1. The standard InChI is InChI=1S/C37H35F3N6O2/c1-3-24-28(39)5-4-22-12-23(41)13-25(29(22)24)31-20(2)32-26(16-42-31)34(46-10-11-47-18-27-30(40)33(27)46)44-35(43-32)48-19-37-14-21(15-38)17-45(37)9-8-36(37)6-7-36/h1,4-5,12-13,15-16,27,30,33H,6-11,14,17-19,41H2,2H3/b21-15-/t27-,30-,33-,37-/m0/s1. The molecule has 0 radical (unpaired) electrons. The number of aryl methyl sites for hydroxylation is 1. The number of rotatable bonds is 5. The van der Waals surface area contributed by atoms with Crippen LogP contribution in [0.3, 0.4) is 0 Å². The van der Waals surface area contributed by atoms with Gasteiger partial charge in [-0.3, -0.25) is 9.88 Å². The van der Waals surface area contributed by atoms with Gasteiger partial charge in [-0.05, 0) is 73.7 Å². The SMILES string of the molecule is C#Cc1c(F)ccc2cc(N)cc(-c3ncc4c(N5CCOC[C@H]6[C@H](F)[C@H]65)nc(OC[C@]56C/C(=C/F)CN5CCC65CC5)nc4c3C)c12. The first-order chi connectivity index (χ1) is 23.3. The average Bonchev–Trinajstić information content (AvgIpc) is 3.96. The molecule has 2 aliphatic carbocycles. The zero-order valence-electron chi connectivity index (χ0n) is 26.6. The minimum Gasteiger partial charge on any atom is -0.461 e. The summed E-state index contributed by atoms with van der Waals surface area (Å²) in [7, 11) is 0. The van der Waals surface area contributed by atoms with Crippen LogP contribution in [0.4, 0.5) is 24.7 Å². The third-order valence-electron chi connectivity index (χ3n) is 11.7. The van der Waals surface area contributed by atoms with Gasteiger partial charge in [0.2, 0.25) is 0 Å². The number of ether oxygens (including phenoxy) is 2. The zero-order chi connectivity index (χ0) is 32.9. The minimum atomic E-state index is -1.03. The molecule has 4 atom stereocenters. The Balaban J connectivity index is 1.20. The molecule has 9 rings (SSSR count). The first-order valence-corrected chi connectivity index (χ1v) is 16.6. The van der Waals surface area contributed by atoms with E-state index in [1.807, 2.05) is 11.8 Å². The number of alkyl halides is 1. The summed E-state index contributed by atoms with van der Waals surface area (Å²) in [6, 6.07) is 6.29. The summed E-state index contributed by atoms with van der Waals surface area (Å²) in [4.78, 5) is 19.1. The molecule has 0 amide bonds. The van der Waals surface area contributed by atoms with Gasteiger partial charge in [0.25, 0.3) is 0 Å². The molecule has 2 aromatic heterocycles. The first-order valence-electron chi connectivity index (χ1n) is 16.6. The molecule has 1 spiro atoms. The Hall–Kier alpha value is -4.40. The lowest BCUT2D eigenvalue weighted by molar-refractivity contribution is 0.0649. The molecule has 48 heavy (non-hydrogen) atoms. The van der Waals surface area contributed by atoms with Gasteiger partial charge in [-0.1, -0.05) is 12.0 Å². The van der Waals surface area contributed by atoms with Gasteiger partial charge in [-0.15, -0.1) is 6.42 Å². The van der Waals surface area contributed by atoms with E-state index in [0.717, 1.165) is 37.7 Å². The van der Waals surface area contributed by atoms with Crippen LogP contribution in [0.25, 0.3) is 32.9 Å². The van der Waals surface area contributed by atoms with Crippen LogP contribution in [-0.4, -0.2) is 77.1 Å². The van der Waals surface area contributed by atoms with Gasteiger partial charge < -0.3 is 20.1 Å². The predicted molar refractivity (Wildman–Crippen MR) is 178 cm³/mol. The molecule has 2 N–H and O–H groups in total. The highest BCUT2D eigenvalue weighted by Crippen LogP contribution is 2.66. The van der Waals surface area contributed by atoms with E-state index < -0.39 is 12.0 Å². The number of nitrogens with two attached hydrogens (primary N) is 1. The van der Waals surface area contributed by atoms with E-state index in [1.54, 1.807) is 24.4 Å². The van der Waals surface area contributed by atoms with Crippen LogP contribution in [0.5, 0.6) is 6.01 Å². The average molecular weight is 653 g/mol. The fourth-order valence-corrected chi connectivity index (χ4v) is 8.97. The summed E-state index contributed by atoms with van der Waals surface area (Å²) in [5.41, 5.74) is 9.89. The Morgan fingerprint density at radius 3 is 2.85 bits per heavy atom. The lowest BCUT2D eigenvalue weighted by atomic mass is 9.80. The number of fused-ring (bicyclic) bond motifs is 5. The van der Waals surface area contributed by atoms with Crippen molar-refractivity contribution in [2.45, 2.75) is 50.4 Å². The smallest absolute Gasteiger partial charge is 0.319 e. The minimum absolute atomic E-state index is 0.105. The van der Waals surface area contributed by atoms with Gasteiger partial charge in [0.15, 0.2) is 0 Å². The van der Waals surface area contributed by atoms with E-state index >= 15 is 4.39 Å². The van der Waals surface area contributed by atoms with Crippen molar-refractivity contribution in [3.63, 3.8) is 0 Å². The molecule has 246 valence electrons. The molecular formula is C37H35F3N6O2. The number of nitrogens with zero attached hydrogens (tertiary/aromatic N) is 5. The number of nitrogen functional groups attached to an aromatic ring is 1. The second-order valence-corrected chi connectivity index (χ2v) is 14.1. The van der Waals surface area contributed by atoms with E-state index in [9.17, 15) is 8.78 Å². The van der Waals surface area contributed by atoms with Crippen molar-refractivity contribution < 1.29 is 22.6 Å². The second-order valence-electron chi connectivity index (χ2n) is 14.1. The van der Waals surface area contributed by atoms with Crippen LogP contribution < -0.4 is 15.4 Å². The summed E-state index contributed by atoms with van der Waals surface area (Å²) in [6.45, 7) is 4.95. The highest BCUT2D eigenvalue weighted by molar-refractivity contribution is 6.04. The van der Waals surface area contributed by atoms with E-state index in [1.165, 1.54) is 6.07 Å². The van der Waals surface area contributed by atoms with Gasteiger partial charge in [-0.2, -0.15) is 9.97 Å². The largest absolute Gasteiger partial charge is 0.461 e. The molecule has 5 heterocycles. The first kappa shape index (κ1) is 29.7. The van der Waals surface area contributed by atoms with Gasteiger partial charge in [0.05, 0.1) is 53.3 Å². The number of terminal acetylenes is 1. The lowest BCUT2D eigenvalue weighted by Gasteiger charge is -2.37. The predicted octanol–water partition coefficient (Wildman–Crippen LogP) is 5.89. The number of benzene rings is 2. The van der Waals surface area contributed by atoms with Crippen LogP contribution in [0, 0.1) is 36.4 Å². The van der Waals surface area contributed by atoms with Gasteiger partial charge in [0.1, 0.15) is 24.4 Å². The summed E-state index contributed by atoms with van der Waals surface area (Å²) >= 11 is 0. The Bertz CT molecular complexity index is 2090.